The van der Waals surface area contributed by atoms with Crippen LogP contribution in [-0.4, -0.2) is 12.6 Å². The number of carbonyl (C=O) groups is 1. The molecule has 0 N–H and O–H groups in total. The van der Waals surface area contributed by atoms with Gasteiger partial charge in [-0.2, -0.15) is 0 Å². The van der Waals surface area contributed by atoms with Crippen LogP contribution in [-0.2, 0) is 9.53 Å². The van der Waals surface area contributed by atoms with Gasteiger partial charge in [0.15, 0.2) is 0 Å². The standard InChI is InChI=1S/C13H16O2/c1-4-15-13(14)11(3)10(2)12-8-6-5-7-9-12/h5-9,11H,2,4H2,1,3H3. The van der Waals surface area contributed by atoms with Crippen LogP contribution in [0.2, 0.25) is 0 Å². The van der Waals surface area contributed by atoms with Crippen LogP contribution < -0.4 is 0 Å². The molecule has 1 atom stereocenters. The fourth-order valence-electron chi connectivity index (χ4n) is 1.31. The molecule has 0 heterocycles. The summed E-state index contributed by atoms with van der Waals surface area (Å²) >= 11 is 0. The molecule has 1 unspecified atom stereocenters. The van der Waals surface area contributed by atoms with E-state index in [4.69, 9.17) is 4.74 Å². The summed E-state index contributed by atoms with van der Waals surface area (Å²) in [6.45, 7) is 7.95. The Balaban J connectivity index is 2.73. The fourth-order valence-corrected chi connectivity index (χ4v) is 1.31. The van der Waals surface area contributed by atoms with Crippen molar-refractivity contribution in [3.8, 4) is 0 Å². The maximum absolute atomic E-state index is 11.5. The summed E-state index contributed by atoms with van der Waals surface area (Å²) in [5.74, 6) is -0.501. The van der Waals surface area contributed by atoms with Gasteiger partial charge < -0.3 is 4.74 Å². The minimum atomic E-state index is -0.285. The van der Waals surface area contributed by atoms with Gasteiger partial charge in [-0.15, -0.1) is 0 Å². The van der Waals surface area contributed by atoms with Crippen molar-refractivity contribution in [1.82, 2.24) is 0 Å². The molecule has 1 aromatic rings. The first-order valence-corrected chi connectivity index (χ1v) is 5.07. The van der Waals surface area contributed by atoms with E-state index >= 15 is 0 Å². The van der Waals surface area contributed by atoms with E-state index < -0.39 is 0 Å². The highest BCUT2D eigenvalue weighted by molar-refractivity contribution is 5.87. The smallest absolute Gasteiger partial charge is 0.313 e. The fraction of sp³-hybridized carbons (Fsp3) is 0.308. The van der Waals surface area contributed by atoms with Crippen LogP contribution in [0.5, 0.6) is 0 Å². The van der Waals surface area contributed by atoms with Crippen LogP contribution in [0.4, 0.5) is 0 Å². The Hall–Kier alpha value is -1.57. The summed E-state index contributed by atoms with van der Waals surface area (Å²) in [4.78, 5) is 11.5. The molecule has 0 fully saturated rings. The zero-order chi connectivity index (χ0) is 11.3. The van der Waals surface area contributed by atoms with Crippen molar-refractivity contribution in [3.05, 3.63) is 42.5 Å². The van der Waals surface area contributed by atoms with Gasteiger partial charge in [0.05, 0.1) is 12.5 Å². The Morgan fingerprint density at radius 2 is 2.00 bits per heavy atom. The molecule has 0 spiro atoms. The van der Waals surface area contributed by atoms with E-state index in [0.717, 1.165) is 11.1 Å². The van der Waals surface area contributed by atoms with Gasteiger partial charge in [0.2, 0.25) is 0 Å². The molecule has 15 heavy (non-hydrogen) atoms. The third-order valence-electron chi connectivity index (χ3n) is 2.31. The molecular weight excluding hydrogens is 188 g/mol. The number of hydrogen-bond donors (Lipinski definition) is 0. The zero-order valence-corrected chi connectivity index (χ0v) is 9.19. The molecule has 0 aliphatic rings. The summed E-state index contributed by atoms with van der Waals surface area (Å²) in [5, 5.41) is 0. The molecule has 1 rings (SSSR count). The van der Waals surface area contributed by atoms with Crippen molar-refractivity contribution in [2.75, 3.05) is 6.61 Å². The SMILES string of the molecule is C=C(c1ccccc1)C(C)C(=O)OCC. The van der Waals surface area contributed by atoms with Gasteiger partial charge in [0.25, 0.3) is 0 Å². The number of carbonyl (C=O) groups excluding carboxylic acids is 1. The molecule has 0 saturated heterocycles. The molecule has 1 aromatic carbocycles. The first-order chi connectivity index (χ1) is 7.16. The topological polar surface area (TPSA) is 26.3 Å². The third kappa shape index (κ3) is 2.94. The van der Waals surface area contributed by atoms with Gasteiger partial charge in [0, 0.05) is 0 Å². The average molecular weight is 204 g/mol. The first-order valence-electron chi connectivity index (χ1n) is 5.07. The normalized spacial score (nSPS) is 11.9. The quantitative estimate of drug-likeness (QED) is 0.705. The van der Waals surface area contributed by atoms with Crippen LogP contribution >= 0.6 is 0 Å². The second kappa shape index (κ2) is 5.35. The van der Waals surface area contributed by atoms with E-state index in [1.807, 2.05) is 37.3 Å². The lowest BCUT2D eigenvalue weighted by molar-refractivity contribution is -0.145. The highest BCUT2D eigenvalue weighted by Crippen LogP contribution is 2.21. The predicted molar refractivity (Wildman–Crippen MR) is 61.3 cm³/mol. The van der Waals surface area contributed by atoms with Gasteiger partial charge in [-0.3, -0.25) is 4.79 Å². The van der Waals surface area contributed by atoms with Gasteiger partial charge in [-0.25, -0.2) is 0 Å². The molecule has 0 aliphatic heterocycles. The second-order valence-corrected chi connectivity index (χ2v) is 3.36. The molecule has 0 bridgehead atoms. The van der Waals surface area contributed by atoms with Crippen molar-refractivity contribution in [2.45, 2.75) is 13.8 Å². The molecule has 2 nitrogen and oxygen atoms in total. The number of ether oxygens (including phenoxy) is 1. The summed E-state index contributed by atoms with van der Waals surface area (Å²) in [5.41, 5.74) is 1.78. The summed E-state index contributed by atoms with van der Waals surface area (Å²) < 4.78 is 4.95. The second-order valence-electron chi connectivity index (χ2n) is 3.36. The monoisotopic (exact) mass is 204 g/mol. The molecule has 0 amide bonds. The van der Waals surface area contributed by atoms with E-state index in [9.17, 15) is 4.79 Å². The highest BCUT2D eigenvalue weighted by Gasteiger charge is 2.18. The molecular formula is C13H16O2. The van der Waals surface area contributed by atoms with Crippen LogP contribution in [0.1, 0.15) is 19.4 Å². The van der Waals surface area contributed by atoms with Crippen molar-refractivity contribution in [1.29, 1.82) is 0 Å². The number of hydrogen-bond acceptors (Lipinski definition) is 2. The predicted octanol–water partition coefficient (Wildman–Crippen LogP) is 2.90. The first kappa shape index (κ1) is 11.5. The summed E-state index contributed by atoms with van der Waals surface area (Å²) in [6, 6.07) is 9.68. The Bertz CT molecular complexity index is 341. The van der Waals surface area contributed by atoms with E-state index in [0.29, 0.717) is 6.61 Å². The lowest BCUT2D eigenvalue weighted by Gasteiger charge is -2.13. The van der Waals surface area contributed by atoms with E-state index in [-0.39, 0.29) is 11.9 Å². The van der Waals surface area contributed by atoms with Crippen molar-refractivity contribution >= 4 is 11.5 Å². The van der Waals surface area contributed by atoms with E-state index in [2.05, 4.69) is 6.58 Å². The molecule has 0 aromatic heterocycles. The Kier molecular flexibility index (Phi) is 4.10. The average Bonchev–Trinajstić information content (AvgIpc) is 2.28. The van der Waals surface area contributed by atoms with Crippen LogP contribution in [0.15, 0.2) is 36.9 Å². The molecule has 0 radical (unpaired) electrons. The molecule has 80 valence electrons. The summed E-state index contributed by atoms with van der Waals surface area (Å²) in [6.07, 6.45) is 0. The van der Waals surface area contributed by atoms with Crippen LogP contribution in [0.3, 0.4) is 0 Å². The minimum absolute atomic E-state index is 0.216. The number of esters is 1. The zero-order valence-electron chi connectivity index (χ0n) is 9.19. The molecule has 2 heteroatoms. The highest BCUT2D eigenvalue weighted by atomic mass is 16.5. The third-order valence-corrected chi connectivity index (χ3v) is 2.31. The lowest BCUT2D eigenvalue weighted by atomic mass is 9.96. The van der Waals surface area contributed by atoms with Crippen LogP contribution in [0.25, 0.3) is 5.57 Å². The Morgan fingerprint density at radius 3 is 2.53 bits per heavy atom. The van der Waals surface area contributed by atoms with Crippen LogP contribution in [0, 0.1) is 5.92 Å². The van der Waals surface area contributed by atoms with Crippen molar-refractivity contribution in [3.63, 3.8) is 0 Å². The minimum Gasteiger partial charge on any atom is -0.466 e. The Morgan fingerprint density at radius 1 is 1.40 bits per heavy atom. The lowest BCUT2D eigenvalue weighted by Crippen LogP contribution is -2.15. The Labute approximate surface area is 90.6 Å². The number of rotatable bonds is 4. The number of benzene rings is 1. The summed E-state index contributed by atoms with van der Waals surface area (Å²) in [7, 11) is 0. The van der Waals surface area contributed by atoms with Crippen molar-refractivity contribution < 1.29 is 9.53 Å². The van der Waals surface area contributed by atoms with E-state index in [1.165, 1.54) is 0 Å². The maximum Gasteiger partial charge on any atom is 0.313 e. The largest absolute Gasteiger partial charge is 0.466 e. The van der Waals surface area contributed by atoms with Crippen molar-refractivity contribution in [2.24, 2.45) is 5.92 Å². The maximum atomic E-state index is 11.5. The molecule has 0 saturated carbocycles. The van der Waals surface area contributed by atoms with Gasteiger partial charge in [0.1, 0.15) is 0 Å². The van der Waals surface area contributed by atoms with Gasteiger partial charge >= 0.3 is 5.97 Å². The molecule has 0 aliphatic carbocycles. The van der Waals surface area contributed by atoms with Gasteiger partial charge in [-0.05, 0) is 25.0 Å². The van der Waals surface area contributed by atoms with E-state index in [1.54, 1.807) is 6.92 Å². The van der Waals surface area contributed by atoms with Gasteiger partial charge in [-0.1, -0.05) is 36.9 Å².